The minimum atomic E-state index is 0.494. The van der Waals surface area contributed by atoms with Crippen molar-refractivity contribution in [1.29, 1.82) is 0 Å². The van der Waals surface area contributed by atoms with Gasteiger partial charge in [0, 0.05) is 12.5 Å². The molecule has 0 fully saturated rings. The highest BCUT2D eigenvalue weighted by molar-refractivity contribution is 5.36. The molecule has 0 saturated heterocycles. The molecule has 1 unspecified atom stereocenters. The Morgan fingerprint density at radius 3 is 2.45 bits per heavy atom. The van der Waals surface area contributed by atoms with Crippen LogP contribution in [0.15, 0.2) is 48.5 Å². The number of methoxy groups -OCH3 is 1. The number of likely N-dealkylation sites (N-methyl/N-ethyl adjacent to an activating group) is 1. The van der Waals surface area contributed by atoms with E-state index in [1.807, 2.05) is 13.1 Å². The van der Waals surface area contributed by atoms with Crippen LogP contribution >= 0.6 is 0 Å². The van der Waals surface area contributed by atoms with E-state index in [-0.39, 0.29) is 0 Å². The SMILES string of the molecule is CNCC(Cc1ccc(OC)cc1C)c1ccccc1. The fourth-order valence-electron chi connectivity index (χ4n) is 2.57. The third kappa shape index (κ3) is 3.61. The van der Waals surface area contributed by atoms with Gasteiger partial charge < -0.3 is 10.1 Å². The molecule has 1 N–H and O–H groups in total. The van der Waals surface area contributed by atoms with Crippen molar-refractivity contribution in [2.75, 3.05) is 20.7 Å². The normalized spacial score (nSPS) is 12.2. The second-order valence-electron chi connectivity index (χ2n) is 5.16. The van der Waals surface area contributed by atoms with E-state index in [0.717, 1.165) is 18.7 Å². The van der Waals surface area contributed by atoms with Gasteiger partial charge in [-0.3, -0.25) is 0 Å². The molecular formula is C18H23NO. The molecule has 0 aliphatic rings. The van der Waals surface area contributed by atoms with Crippen LogP contribution in [0.5, 0.6) is 5.75 Å². The molecule has 2 aromatic carbocycles. The van der Waals surface area contributed by atoms with Crippen molar-refractivity contribution in [3.05, 3.63) is 65.2 Å². The van der Waals surface area contributed by atoms with E-state index >= 15 is 0 Å². The van der Waals surface area contributed by atoms with Crippen LogP contribution in [0.1, 0.15) is 22.6 Å². The highest BCUT2D eigenvalue weighted by Crippen LogP contribution is 2.24. The van der Waals surface area contributed by atoms with Gasteiger partial charge in [-0.2, -0.15) is 0 Å². The van der Waals surface area contributed by atoms with E-state index in [0.29, 0.717) is 5.92 Å². The average molecular weight is 269 g/mol. The van der Waals surface area contributed by atoms with Crippen molar-refractivity contribution in [3.8, 4) is 5.75 Å². The largest absolute Gasteiger partial charge is 0.497 e. The highest BCUT2D eigenvalue weighted by Gasteiger charge is 2.13. The lowest BCUT2D eigenvalue weighted by atomic mass is 9.90. The molecule has 0 amide bonds. The summed E-state index contributed by atoms with van der Waals surface area (Å²) in [6.45, 7) is 3.13. The van der Waals surface area contributed by atoms with E-state index in [9.17, 15) is 0 Å². The van der Waals surface area contributed by atoms with Crippen LogP contribution < -0.4 is 10.1 Å². The first-order valence-corrected chi connectivity index (χ1v) is 7.07. The second-order valence-corrected chi connectivity index (χ2v) is 5.16. The third-order valence-electron chi connectivity index (χ3n) is 3.74. The quantitative estimate of drug-likeness (QED) is 0.866. The molecule has 1 atom stereocenters. The maximum Gasteiger partial charge on any atom is 0.119 e. The number of aryl methyl sites for hydroxylation is 1. The van der Waals surface area contributed by atoms with Crippen LogP contribution in [0.4, 0.5) is 0 Å². The lowest BCUT2D eigenvalue weighted by molar-refractivity contribution is 0.414. The van der Waals surface area contributed by atoms with Crippen molar-refractivity contribution in [1.82, 2.24) is 5.32 Å². The Balaban J connectivity index is 2.20. The Hall–Kier alpha value is -1.80. The monoisotopic (exact) mass is 269 g/mol. The number of rotatable bonds is 6. The Morgan fingerprint density at radius 2 is 1.85 bits per heavy atom. The van der Waals surface area contributed by atoms with Crippen molar-refractivity contribution in [2.24, 2.45) is 0 Å². The van der Waals surface area contributed by atoms with Crippen LogP contribution in [0.2, 0.25) is 0 Å². The van der Waals surface area contributed by atoms with Gasteiger partial charge in [0.1, 0.15) is 5.75 Å². The maximum atomic E-state index is 5.27. The minimum Gasteiger partial charge on any atom is -0.497 e. The molecule has 2 nitrogen and oxygen atoms in total. The van der Waals surface area contributed by atoms with Crippen molar-refractivity contribution >= 4 is 0 Å². The summed E-state index contributed by atoms with van der Waals surface area (Å²) >= 11 is 0. The van der Waals surface area contributed by atoms with E-state index in [4.69, 9.17) is 4.74 Å². The van der Waals surface area contributed by atoms with Crippen LogP contribution in [0.25, 0.3) is 0 Å². The highest BCUT2D eigenvalue weighted by atomic mass is 16.5. The zero-order valence-electron chi connectivity index (χ0n) is 12.5. The lowest BCUT2D eigenvalue weighted by Gasteiger charge is -2.18. The smallest absolute Gasteiger partial charge is 0.119 e. The Morgan fingerprint density at radius 1 is 1.10 bits per heavy atom. The topological polar surface area (TPSA) is 21.3 Å². The lowest BCUT2D eigenvalue weighted by Crippen LogP contribution is -2.19. The van der Waals surface area contributed by atoms with Crippen LogP contribution in [-0.4, -0.2) is 20.7 Å². The van der Waals surface area contributed by atoms with Gasteiger partial charge in [-0.05, 0) is 49.2 Å². The molecule has 2 heteroatoms. The van der Waals surface area contributed by atoms with Gasteiger partial charge in [0.05, 0.1) is 7.11 Å². The van der Waals surface area contributed by atoms with Crippen molar-refractivity contribution < 1.29 is 4.74 Å². The van der Waals surface area contributed by atoms with Gasteiger partial charge in [-0.1, -0.05) is 36.4 Å². The number of hydrogen-bond acceptors (Lipinski definition) is 2. The van der Waals surface area contributed by atoms with E-state index in [2.05, 4.69) is 54.7 Å². The summed E-state index contributed by atoms with van der Waals surface area (Å²) in [6, 6.07) is 17.0. The van der Waals surface area contributed by atoms with Gasteiger partial charge in [-0.15, -0.1) is 0 Å². The number of nitrogens with one attached hydrogen (secondary N) is 1. The summed E-state index contributed by atoms with van der Waals surface area (Å²) in [7, 11) is 3.72. The summed E-state index contributed by atoms with van der Waals surface area (Å²) in [5, 5.41) is 3.30. The van der Waals surface area contributed by atoms with Gasteiger partial charge in [0.15, 0.2) is 0 Å². The summed E-state index contributed by atoms with van der Waals surface area (Å²) < 4.78 is 5.27. The Labute approximate surface area is 121 Å². The number of ether oxygens (including phenoxy) is 1. The predicted octanol–water partition coefficient (Wildman–Crippen LogP) is 3.55. The maximum absolute atomic E-state index is 5.27. The van der Waals surface area contributed by atoms with Gasteiger partial charge in [-0.25, -0.2) is 0 Å². The molecule has 20 heavy (non-hydrogen) atoms. The molecule has 106 valence electrons. The molecule has 0 aromatic heterocycles. The van der Waals surface area contributed by atoms with Crippen molar-refractivity contribution in [2.45, 2.75) is 19.3 Å². The van der Waals surface area contributed by atoms with Crippen LogP contribution in [0, 0.1) is 6.92 Å². The van der Waals surface area contributed by atoms with Gasteiger partial charge >= 0.3 is 0 Å². The van der Waals surface area contributed by atoms with Gasteiger partial charge in [0.2, 0.25) is 0 Å². The summed E-state index contributed by atoms with van der Waals surface area (Å²) in [5.74, 6) is 1.42. The molecule has 0 radical (unpaired) electrons. The Kier molecular flexibility index (Phi) is 5.19. The summed E-state index contributed by atoms with van der Waals surface area (Å²) in [5.41, 5.74) is 4.06. The molecule has 0 bridgehead atoms. The molecule has 0 aliphatic carbocycles. The first-order chi connectivity index (χ1) is 9.74. The second kappa shape index (κ2) is 7.11. The van der Waals surface area contributed by atoms with Crippen LogP contribution in [0.3, 0.4) is 0 Å². The Bertz CT molecular complexity index is 536. The average Bonchev–Trinajstić information content (AvgIpc) is 2.49. The molecule has 2 aromatic rings. The first kappa shape index (κ1) is 14.6. The molecular weight excluding hydrogens is 246 g/mol. The van der Waals surface area contributed by atoms with Crippen LogP contribution in [-0.2, 0) is 6.42 Å². The van der Waals surface area contributed by atoms with E-state index < -0.39 is 0 Å². The van der Waals surface area contributed by atoms with E-state index in [1.165, 1.54) is 16.7 Å². The fraction of sp³-hybridized carbons (Fsp3) is 0.333. The van der Waals surface area contributed by atoms with Gasteiger partial charge in [0.25, 0.3) is 0 Å². The fourth-order valence-corrected chi connectivity index (χ4v) is 2.57. The molecule has 0 spiro atoms. The number of benzene rings is 2. The first-order valence-electron chi connectivity index (χ1n) is 7.07. The standard InChI is InChI=1S/C18H23NO/c1-14-11-18(20-3)10-9-16(14)12-17(13-19-2)15-7-5-4-6-8-15/h4-11,17,19H,12-13H2,1-3H3. The summed E-state index contributed by atoms with van der Waals surface area (Å²) in [4.78, 5) is 0. The van der Waals surface area contributed by atoms with E-state index in [1.54, 1.807) is 7.11 Å². The molecule has 0 aliphatic heterocycles. The zero-order valence-corrected chi connectivity index (χ0v) is 12.5. The molecule has 0 heterocycles. The number of hydrogen-bond donors (Lipinski definition) is 1. The molecule has 2 rings (SSSR count). The molecule has 0 saturated carbocycles. The summed E-state index contributed by atoms with van der Waals surface area (Å²) in [6.07, 6.45) is 1.04. The predicted molar refractivity (Wildman–Crippen MR) is 84.5 cm³/mol. The zero-order chi connectivity index (χ0) is 14.4. The van der Waals surface area contributed by atoms with Crippen molar-refractivity contribution in [3.63, 3.8) is 0 Å². The third-order valence-corrected chi connectivity index (χ3v) is 3.74. The minimum absolute atomic E-state index is 0.494.